The van der Waals surface area contributed by atoms with Crippen LogP contribution in [-0.4, -0.2) is 43.1 Å². The third-order valence-electron chi connectivity index (χ3n) is 5.03. The molecule has 0 aromatic carbocycles. The van der Waals surface area contributed by atoms with Gasteiger partial charge in [-0.15, -0.1) is 5.10 Å². The Hall–Kier alpha value is -4.21. The number of rotatable bonds is 6. The molecule has 0 radical (unpaired) electrons. The molecule has 4 aromatic rings. The van der Waals surface area contributed by atoms with Crippen molar-refractivity contribution in [1.82, 2.24) is 29.5 Å². The summed E-state index contributed by atoms with van der Waals surface area (Å²) < 4.78 is 3.00. The number of hydrogen-bond donors (Lipinski definition) is 3. The zero-order chi connectivity index (χ0) is 21.4. The van der Waals surface area contributed by atoms with Gasteiger partial charge in [-0.3, -0.25) is 19.1 Å². The number of carbonyl (C=O) groups excluding carboxylic acids is 1. The summed E-state index contributed by atoms with van der Waals surface area (Å²) in [6, 6.07) is 8.93. The van der Waals surface area contributed by atoms with Crippen LogP contribution in [0.2, 0.25) is 0 Å². The number of anilines is 3. The number of fused-ring (bicyclic) bond motifs is 1. The summed E-state index contributed by atoms with van der Waals surface area (Å²) in [7, 11) is 1.76. The second kappa shape index (κ2) is 7.56. The van der Waals surface area contributed by atoms with Crippen LogP contribution in [-0.2, 0) is 0 Å². The zero-order valence-corrected chi connectivity index (χ0v) is 16.7. The second-order valence-electron chi connectivity index (χ2n) is 7.25. The van der Waals surface area contributed by atoms with Crippen molar-refractivity contribution in [2.24, 2.45) is 0 Å². The first kappa shape index (κ1) is 18.8. The molecule has 4 heterocycles. The van der Waals surface area contributed by atoms with E-state index in [1.807, 2.05) is 0 Å². The number of carbonyl (C=O) groups is 1. The second-order valence-corrected chi connectivity index (χ2v) is 7.25. The molecule has 0 aliphatic heterocycles. The lowest BCUT2D eigenvalue weighted by molar-refractivity contribution is 0.0944. The average molecular weight is 416 g/mol. The highest BCUT2D eigenvalue weighted by Gasteiger charge is 2.26. The molecule has 0 atom stereocenters. The van der Waals surface area contributed by atoms with Crippen molar-refractivity contribution in [2.45, 2.75) is 18.9 Å². The number of amides is 1. The molecule has 1 aliphatic rings. The summed E-state index contributed by atoms with van der Waals surface area (Å²) in [6.45, 7) is 0. The van der Waals surface area contributed by atoms with E-state index in [1.165, 1.54) is 15.3 Å². The van der Waals surface area contributed by atoms with Crippen molar-refractivity contribution in [3.8, 4) is 5.69 Å². The Kier molecular flexibility index (Phi) is 4.58. The van der Waals surface area contributed by atoms with Crippen LogP contribution in [0.4, 0.5) is 17.2 Å². The van der Waals surface area contributed by atoms with E-state index in [4.69, 9.17) is 0 Å². The Morgan fingerprint density at radius 1 is 1.16 bits per heavy atom. The lowest BCUT2D eigenvalue weighted by Crippen LogP contribution is -2.27. The van der Waals surface area contributed by atoms with Crippen LogP contribution < -0.4 is 21.5 Å². The lowest BCUT2D eigenvalue weighted by Gasteiger charge is -2.12. The predicted molar refractivity (Wildman–Crippen MR) is 116 cm³/mol. The summed E-state index contributed by atoms with van der Waals surface area (Å²) in [5.74, 6) is 0.182. The highest BCUT2D eigenvalue weighted by molar-refractivity contribution is 5.94. The zero-order valence-electron chi connectivity index (χ0n) is 16.7. The fourth-order valence-electron chi connectivity index (χ4n) is 3.29. The summed E-state index contributed by atoms with van der Waals surface area (Å²) in [5.41, 5.74) is 2.35. The number of nitrogens with one attached hydrogen (secondary N) is 3. The molecule has 1 saturated carbocycles. The van der Waals surface area contributed by atoms with Gasteiger partial charge in [0, 0.05) is 37.7 Å². The van der Waals surface area contributed by atoms with E-state index in [0.717, 1.165) is 12.8 Å². The van der Waals surface area contributed by atoms with Gasteiger partial charge in [0.1, 0.15) is 5.69 Å². The summed E-state index contributed by atoms with van der Waals surface area (Å²) >= 11 is 0. The van der Waals surface area contributed by atoms with E-state index in [-0.39, 0.29) is 17.5 Å². The third kappa shape index (κ3) is 3.59. The molecule has 4 aromatic heterocycles. The molecule has 0 saturated heterocycles. The largest absolute Gasteiger partial charge is 0.385 e. The highest BCUT2D eigenvalue weighted by Crippen LogP contribution is 2.23. The Labute approximate surface area is 177 Å². The normalized spacial score (nSPS) is 13.2. The molecule has 3 N–H and O–H groups in total. The van der Waals surface area contributed by atoms with E-state index in [2.05, 4.69) is 31.0 Å². The minimum absolute atomic E-state index is 0.221. The van der Waals surface area contributed by atoms with Gasteiger partial charge >= 0.3 is 0 Å². The lowest BCUT2D eigenvalue weighted by atomic mass is 10.3. The quantitative estimate of drug-likeness (QED) is 0.440. The standard InChI is InChI=1S/C21H20N8O2/c1-22-16-11-18(27-29-17(12-24-19(16)29)20(30)25-13-4-5-13)26-15-3-2-10-28(21(15)31)14-6-8-23-9-7-14/h2-3,6-13,22H,4-5H2,1H3,(H,25,30)(H,26,27). The van der Waals surface area contributed by atoms with Crippen LogP contribution in [0.5, 0.6) is 0 Å². The van der Waals surface area contributed by atoms with Crippen LogP contribution in [0.15, 0.2) is 59.9 Å². The summed E-state index contributed by atoms with van der Waals surface area (Å²) in [4.78, 5) is 33.9. The van der Waals surface area contributed by atoms with E-state index >= 15 is 0 Å². The molecule has 10 nitrogen and oxygen atoms in total. The first-order valence-corrected chi connectivity index (χ1v) is 9.90. The van der Waals surface area contributed by atoms with Crippen molar-refractivity contribution in [3.05, 3.63) is 71.2 Å². The molecule has 1 fully saturated rings. The summed E-state index contributed by atoms with van der Waals surface area (Å²) in [6.07, 6.45) is 8.43. The smallest absolute Gasteiger partial charge is 0.278 e. The predicted octanol–water partition coefficient (Wildman–Crippen LogP) is 1.95. The fraction of sp³-hybridized carbons (Fsp3) is 0.190. The van der Waals surface area contributed by atoms with E-state index < -0.39 is 0 Å². The Morgan fingerprint density at radius 2 is 1.97 bits per heavy atom. The maximum atomic E-state index is 13.0. The van der Waals surface area contributed by atoms with Crippen molar-refractivity contribution in [3.63, 3.8) is 0 Å². The monoisotopic (exact) mass is 416 g/mol. The van der Waals surface area contributed by atoms with Gasteiger partial charge in [0.2, 0.25) is 0 Å². The van der Waals surface area contributed by atoms with Crippen molar-refractivity contribution in [2.75, 3.05) is 17.7 Å². The molecule has 0 bridgehead atoms. The van der Waals surface area contributed by atoms with Crippen LogP contribution in [0.3, 0.4) is 0 Å². The molecule has 0 unspecified atom stereocenters. The molecular formula is C21H20N8O2. The minimum atomic E-state index is -0.237. The van der Waals surface area contributed by atoms with Crippen LogP contribution in [0, 0.1) is 0 Å². The van der Waals surface area contributed by atoms with Gasteiger partial charge in [-0.1, -0.05) is 0 Å². The number of nitrogens with zero attached hydrogens (tertiary/aromatic N) is 5. The Morgan fingerprint density at radius 3 is 2.71 bits per heavy atom. The van der Waals surface area contributed by atoms with E-state index in [0.29, 0.717) is 34.2 Å². The van der Waals surface area contributed by atoms with Crippen LogP contribution in [0.25, 0.3) is 11.3 Å². The van der Waals surface area contributed by atoms with Crippen LogP contribution >= 0.6 is 0 Å². The molecule has 10 heteroatoms. The van der Waals surface area contributed by atoms with Gasteiger partial charge < -0.3 is 16.0 Å². The van der Waals surface area contributed by atoms with E-state index in [9.17, 15) is 9.59 Å². The molecule has 31 heavy (non-hydrogen) atoms. The number of pyridine rings is 2. The maximum absolute atomic E-state index is 13.0. The SMILES string of the molecule is CNc1cc(Nc2cccn(-c3ccncc3)c2=O)nn2c(C(=O)NC3CC3)cnc12. The van der Waals surface area contributed by atoms with Crippen LogP contribution in [0.1, 0.15) is 23.3 Å². The highest BCUT2D eigenvalue weighted by atomic mass is 16.2. The fourth-order valence-corrected chi connectivity index (χ4v) is 3.29. The molecule has 0 spiro atoms. The minimum Gasteiger partial charge on any atom is -0.385 e. The van der Waals surface area contributed by atoms with Crippen molar-refractivity contribution >= 4 is 28.7 Å². The van der Waals surface area contributed by atoms with Gasteiger partial charge in [0.05, 0.1) is 17.6 Å². The summed E-state index contributed by atoms with van der Waals surface area (Å²) in [5, 5.41) is 13.6. The number of imidazole rings is 1. The van der Waals surface area contributed by atoms with Gasteiger partial charge in [-0.2, -0.15) is 0 Å². The molecule has 1 amide bonds. The van der Waals surface area contributed by atoms with E-state index in [1.54, 1.807) is 56.0 Å². The Balaban J connectivity index is 1.53. The molecular weight excluding hydrogens is 396 g/mol. The number of aromatic nitrogens is 5. The van der Waals surface area contributed by atoms with Crippen molar-refractivity contribution in [1.29, 1.82) is 0 Å². The average Bonchev–Trinajstić information content (AvgIpc) is 3.50. The van der Waals surface area contributed by atoms with Gasteiger partial charge in [-0.05, 0) is 37.1 Å². The molecule has 156 valence electrons. The van der Waals surface area contributed by atoms with Crippen molar-refractivity contribution < 1.29 is 4.79 Å². The topological polar surface area (TPSA) is 118 Å². The molecule has 1 aliphatic carbocycles. The Bertz CT molecular complexity index is 1320. The van der Waals surface area contributed by atoms with Gasteiger partial charge in [-0.25, -0.2) is 9.50 Å². The van der Waals surface area contributed by atoms with Gasteiger partial charge in [0.25, 0.3) is 11.5 Å². The third-order valence-corrected chi connectivity index (χ3v) is 5.03. The molecule has 5 rings (SSSR count). The van der Waals surface area contributed by atoms with Gasteiger partial charge in [0.15, 0.2) is 17.2 Å². The number of hydrogen-bond acceptors (Lipinski definition) is 7. The first-order valence-electron chi connectivity index (χ1n) is 9.90. The maximum Gasteiger partial charge on any atom is 0.278 e. The first-order chi connectivity index (χ1) is 15.1.